The minimum Gasteiger partial charge on any atom is -0.383 e. The standard InChI is InChI=1S/C17H28ClNO2/c1-21-11-15(2-3-18)19-16(20)10-17-7-12-4-13(8-17)6-14(5-12)9-17/h12-15H,2-11H2,1H3,(H,19,20). The van der Waals surface area contributed by atoms with Crippen molar-refractivity contribution in [1.82, 2.24) is 5.32 Å². The summed E-state index contributed by atoms with van der Waals surface area (Å²) in [5, 5.41) is 3.15. The number of halogens is 1. The first kappa shape index (κ1) is 15.6. The van der Waals surface area contributed by atoms with Crippen molar-refractivity contribution in [2.75, 3.05) is 19.6 Å². The molecule has 1 atom stereocenters. The van der Waals surface area contributed by atoms with E-state index in [1.807, 2.05) is 0 Å². The molecule has 4 aliphatic rings. The van der Waals surface area contributed by atoms with Gasteiger partial charge in [-0.25, -0.2) is 0 Å². The number of rotatable bonds is 7. The Morgan fingerprint density at radius 3 is 2.29 bits per heavy atom. The number of carbonyl (C=O) groups excluding carboxylic acids is 1. The average molecular weight is 314 g/mol. The van der Waals surface area contributed by atoms with Gasteiger partial charge in [0.25, 0.3) is 0 Å². The van der Waals surface area contributed by atoms with E-state index in [1.54, 1.807) is 7.11 Å². The fourth-order valence-electron chi connectivity index (χ4n) is 5.66. The molecule has 0 radical (unpaired) electrons. The van der Waals surface area contributed by atoms with Crippen molar-refractivity contribution in [1.29, 1.82) is 0 Å². The average Bonchev–Trinajstić information content (AvgIpc) is 2.36. The van der Waals surface area contributed by atoms with Crippen LogP contribution >= 0.6 is 11.6 Å². The zero-order valence-electron chi connectivity index (χ0n) is 13.1. The van der Waals surface area contributed by atoms with Crippen LogP contribution < -0.4 is 5.32 Å². The summed E-state index contributed by atoms with van der Waals surface area (Å²) in [7, 11) is 1.67. The van der Waals surface area contributed by atoms with Crippen LogP contribution in [0.2, 0.25) is 0 Å². The van der Waals surface area contributed by atoms with Crippen molar-refractivity contribution in [2.24, 2.45) is 23.2 Å². The molecule has 1 amide bonds. The molecule has 0 saturated heterocycles. The number of methoxy groups -OCH3 is 1. The fourth-order valence-corrected chi connectivity index (χ4v) is 5.92. The quantitative estimate of drug-likeness (QED) is 0.732. The Bertz CT molecular complexity index is 344. The van der Waals surface area contributed by atoms with E-state index in [-0.39, 0.29) is 11.9 Å². The highest BCUT2D eigenvalue weighted by molar-refractivity contribution is 6.17. The lowest BCUT2D eigenvalue weighted by molar-refractivity contribution is -0.130. The van der Waals surface area contributed by atoms with Gasteiger partial charge in [0.05, 0.1) is 12.6 Å². The molecule has 4 heteroatoms. The number of ether oxygens (including phenoxy) is 1. The molecule has 4 bridgehead atoms. The SMILES string of the molecule is COCC(CCCl)NC(=O)CC12CC3CC(CC(C3)C1)C2. The van der Waals surface area contributed by atoms with Crippen molar-refractivity contribution in [3.8, 4) is 0 Å². The summed E-state index contributed by atoms with van der Waals surface area (Å²) in [4.78, 5) is 12.5. The number of hydrogen-bond donors (Lipinski definition) is 1. The van der Waals surface area contributed by atoms with Crippen molar-refractivity contribution < 1.29 is 9.53 Å². The monoisotopic (exact) mass is 313 g/mol. The predicted octanol–water partition coefficient (Wildman–Crippen LogP) is 3.35. The van der Waals surface area contributed by atoms with Crippen LogP contribution in [-0.4, -0.2) is 31.5 Å². The van der Waals surface area contributed by atoms with E-state index in [0.29, 0.717) is 17.9 Å². The Morgan fingerprint density at radius 2 is 1.81 bits per heavy atom. The Balaban J connectivity index is 1.57. The molecule has 21 heavy (non-hydrogen) atoms. The maximum atomic E-state index is 12.5. The summed E-state index contributed by atoms with van der Waals surface area (Å²) in [5.41, 5.74) is 0.317. The lowest BCUT2D eigenvalue weighted by Crippen LogP contribution is -2.49. The second-order valence-corrected chi connectivity index (χ2v) is 8.17. The Morgan fingerprint density at radius 1 is 1.24 bits per heavy atom. The first-order valence-electron chi connectivity index (χ1n) is 8.47. The van der Waals surface area contributed by atoms with Gasteiger partial charge < -0.3 is 10.1 Å². The first-order valence-corrected chi connectivity index (χ1v) is 9.00. The highest BCUT2D eigenvalue weighted by Crippen LogP contribution is 2.61. The predicted molar refractivity (Wildman–Crippen MR) is 84.4 cm³/mol. The molecule has 0 aromatic rings. The van der Waals surface area contributed by atoms with Crippen LogP contribution in [0.5, 0.6) is 0 Å². The molecule has 0 aliphatic heterocycles. The molecule has 4 fully saturated rings. The Hall–Kier alpha value is -0.280. The van der Waals surface area contributed by atoms with E-state index in [9.17, 15) is 4.79 Å². The third-order valence-corrected chi connectivity index (χ3v) is 6.11. The zero-order chi connectivity index (χ0) is 14.9. The van der Waals surface area contributed by atoms with Crippen LogP contribution in [0.3, 0.4) is 0 Å². The number of nitrogens with one attached hydrogen (secondary N) is 1. The van der Waals surface area contributed by atoms with Crippen molar-refractivity contribution >= 4 is 17.5 Å². The van der Waals surface area contributed by atoms with E-state index >= 15 is 0 Å². The van der Waals surface area contributed by atoms with Gasteiger partial charge in [-0.15, -0.1) is 11.6 Å². The Labute approximate surface area is 133 Å². The summed E-state index contributed by atoms with van der Waals surface area (Å²) in [6, 6.07) is 0.0638. The molecule has 0 aromatic heterocycles. The molecule has 4 aliphatic carbocycles. The second-order valence-electron chi connectivity index (χ2n) is 7.79. The molecule has 3 nitrogen and oxygen atoms in total. The van der Waals surface area contributed by atoms with Gasteiger partial charge in [-0.05, 0) is 68.1 Å². The van der Waals surface area contributed by atoms with Crippen LogP contribution in [0.25, 0.3) is 0 Å². The minimum absolute atomic E-state index is 0.0638. The number of amides is 1. The molecule has 0 aromatic carbocycles. The number of alkyl halides is 1. The molecule has 1 unspecified atom stereocenters. The van der Waals surface area contributed by atoms with Crippen molar-refractivity contribution in [2.45, 2.75) is 57.4 Å². The van der Waals surface area contributed by atoms with Crippen LogP contribution in [-0.2, 0) is 9.53 Å². The summed E-state index contributed by atoms with van der Waals surface area (Å²) in [6.45, 7) is 0.555. The summed E-state index contributed by atoms with van der Waals surface area (Å²) >= 11 is 5.81. The molecular formula is C17H28ClNO2. The van der Waals surface area contributed by atoms with Gasteiger partial charge in [-0.1, -0.05) is 0 Å². The normalized spacial score (nSPS) is 38.5. The van der Waals surface area contributed by atoms with Crippen molar-refractivity contribution in [3.05, 3.63) is 0 Å². The smallest absolute Gasteiger partial charge is 0.220 e. The highest BCUT2D eigenvalue weighted by Gasteiger charge is 2.51. The molecule has 0 heterocycles. The maximum Gasteiger partial charge on any atom is 0.220 e. The van der Waals surface area contributed by atoms with Gasteiger partial charge in [-0.2, -0.15) is 0 Å². The van der Waals surface area contributed by atoms with E-state index < -0.39 is 0 Å². The zero-order valence-corrected chi connectivity index (χ0v) is 13.8. The van der Waals surface area contributed by atoms with Crippen LogP contribution in [0, 0.1) is 23.2 Å². The summed E-state index contributed by atoms with van der Waals surface area (Å²) in [6.07, 6.45) is 9.66. The fraction of sp³-hybridized carbons (Fsp3) is 0.941. The van der Waals surface area contributed by atoms with Gasteiger partial charge in [0.2, 0.25) is 5.91 Å². The second kappa shape index (κ2) is 6.45. The van der Waals surface area contributed by atoms with E-state index in [2.05, 4.69) is 5.32 Å². The molecule has 4 rings (SSSR count). The minimum atomic E-state index is 0.0638. The summed E-state index contributed by atoms with van der Waals surface area (Å²) < 4.78 is 5.18. The highest BCUT2D eigenvalue weighted by atomic mass is 35.5. The lowest BCUT2D eigenvalue weighted by Gasteiger charge is -2.56. The largest absolute Gasteiger partial charge is 0.383 e. The van der Waals surface area contributed by atoms with E-state index in [0.717, 1.165) is 30.6 Å². The maximum absolute atomic E-state index is 12.5. The van der Waals surface area contributed by atoms with Gasteiger partial charge in [0, 0.05) is 19.4 Å². The first-order chi connectivity index (χ1) is 10.1. The molecule has 120 valence electrons. The molecular weight excluding hydrogens is 286 g/mol. The molecule has 4 saturated carbocycles. The van der Waals surface area contributed by atoms with Gasteiger partial charge in [0.1, 0.15) is 0 Å². The Kier molecular flexibility index (Phi) is 4.80. The number of carbonyl (C=O) groups is 1. The van der Waals surface area contributed by atoms with Crippen LogP contribution in [0.4, 0.5) is 0 Å². The lowest BCUT2D eigenvalue weighted by atomic mass is 9.49. The summed E-state index contributed by atoms with van der Waals surface area (Å²) in [5.74, 6) is 3.49. The van der Waals surface area contributed by atoms with Crippen LogP contribution in [0.1, 0.15) is 51.4 Å². The van der Waals surface area contributed by atoms with Crippen molar-refractivity contribution in [3.63, 3.8) is 0 Å². The van der Waals surface area contributed by atoms with Crippen LogP contribution in [0.15, 0.2) is 0 Å². The topological polar surface area (TPSA) is 38.3 Å². The molecule has 1 N–H and O–H groups in total. The third-order valence-electron chi connectivity index (χ3n) is 5.89. The van der Waals surface area contributed by atoms with Gasteiger partial charge >= 0.3 is 0 Å². The van der Waals surface area contributed by atoms with Gasteiger partial charge in [-0.3, -0.25) is 4.79 Å². The van der Waals surface area contributed by atoms with E-state index in [4.69, 9.17) is 16.3 Å². The number of hydrogen-bond acceptors (Lipinski definition) is 2. The van der Waals surface area contributed by atoms with Gasteiger partial charge in [0.15, 0.2) is 0 Å². The third kappa shape index (κ3) is 3.56. The molecule has 0 spiro atoms. The van der Waals surface area contributed by atoms with E-state index in [1.165, 1.54) is 38.5 Å².